The van der Waals surface area contributed by atoms with Crippen LogP contribution in [0.2, 0.25) is 0 Å². The SMILES string of the molecule is CCOc1ccc(C(=O)Nc2ccc3c(c2)OCCO3)cc1COc1cccc(C)c1. The number of anilines is 1. The van der Waals surface area contributed by atoms with Gasteiger partial charge in [-0.05, 0) is 61.9 Å². The van der Waals surface area contributed by atoms with E-state index in [0.29, 0.717) is 54.9 Å². The van der Waals surface area contributed by atoms with Crippen LogP contribution >= 0.6 is 0 Å². The zero-order valence-electron chi connectivity index (χ0n) is 17.6. The lowest BCUT2D eigenvalue weighted by molar-refractivity contribution is 0.102. The molecule has 0 atom stereocenters. The number of fused-ring (bicyclic) bond motifs is 1. The third kappa shape index (κ3) is 5.09. The summed E-state index contributed by atoms with van der Waals surface area (Å²) in [5.74, 6) is 2.56. The van der Waals surface area contributed by atoms with Crippen LogP contribution in [-0.2, 0) is 6.61 Å². The van der Waals surface area contributed by atoms with Crippen LogP contribution in [0.3, 0.4) is 0 Å². The van der Waals surface area contributed by atoms with Gasteiger partial charge in [0, 0.05) is 22.9 Å². The van der Waals surface area contributed by atoms with E-state index in [2.05, 4.69) is 5.32 Å². The Labute approximate surface area is 181 Å². The second-order valence-corrected chi connectivity index (χ2v) is 7.17. The summed E-state index contributed by atoms with van der Waals surface area (Å²) in [5.41, 5.74) is 3.08. The van der Waals surface area contributed by atoms with E-state index < -0.39 is 0 Å². The Morgan fingerprint density at radius 1 is 0.968 bits per heavy atom. The van der Waals surface area contributed by atoms with E-state index in [9.17, 15) is 4.79 Å². The zero-order valence-corrected chi connectivity index (χ0v) is 17.6. The summed E-state index contributed by atoms with van der Waals surface area (Å²) in [6, 6.07) is 18.5. The zero-order chi connectivity index (χ0) is 21.6. The van der Waals surface area contributed by atoms with Gasteiger partial charge in [-0.3, -0.25) is 4.79 Å². The number of amides is 1. The molecule has 1 aliphatic rings. The normalized spacial score (nSPS) is 12.2. The Morgan fingerprint density at radius 3 is 2.61 bits per heavy atom. The number of aryl methyl sites for hydroxylation is 1. The van der Waals surface area contributed by atoms with Gasteiger partial charge in [-0.2, -0.15) is 0 Å². The predicted molar refractivity (Wildman–Crippen MR) is 119 cm³/mol. The van der Waals surface area contributed by atoms with Crippen LogP contribution in [0.1, 0.15) is 28.4 Å². The van der Waals surface area contributed by atoms with Gasteiger partial charge >= 0.3 is 0 Å². The number of ether oxygens (including phenoxy) is 4. The fraction of sp³-hybridized carbons (Fsp3) is 0.240. The summed E-state index contributed by atoms with van der Waals surface area (Å²) < 4.78 is 22.8. The minimum Gasteiger partial charge on any atom is -0.493 e. The maximum Gasteiger partial charge on any atom is 0.255 e. The number of carbonyl (C=O) groups is 1. The van der Waals surface area contributed by atoms with Crippen molar-refractivity contribution < 1.29 is 23.7 Å². The molecule has 160 valence electrons. The van der Waals surface area contributed by atoms with E-state index in [1.54, 1.807) is 36.4 Å². The van der Waals surface area contributed by atoms with Gasteiger partial charge < -0.3 is 24.3 Å². The van der Waals surface area contributed by atoms with Crippen molar-refractivity contribution in [2.75, 3.05) is 25.1 Å². The van der Waals surface area contributed by atoms with Crippen molar-refractivity contribution in [2.24, 2.45) is 0 Å². The van der Waals surface area contributed by atoms with Crippen LogP contribution in [0, 0.1) is 6.92 Å². The van der Waals surface area contributed by atoms with E-state index in [0.717, 1.165) is 16.9 Å². The molecule has 0 saturated heterocycles. The van der Waals surface area contributed by atoms with E-state index >= 15 is 0 Å². The number of hydrogen-bond acceptors (Lipinski definition) is 5. The van der Waals surface area contributed by atoms with Gasteiger partial charge in [0.1, 0.15) is 31.3 Å². The van der Waals surface area contributed by atoms with Gasteiger partial charge in [0.05, 0.1) is 6.61 Å². The first kappa shape index (κ1) is 20.6. The molecule has 6 nitrogen and oxygen atoms in total. The Morgan fingerprint density at radius 2 is 1.81 bits per heavy atom. The molecule has 6 heteroatoms. The molecular weight excluding hydrogens is 394 g/mol. The van der Waals surface area contributed by atoms with Gasteiger partial charge in [-0.25, -0.2) is 0 Å². The van der Waals surface area contributed by atoms with E-state index in [1.807, 2.05) is 38.1 Å². The Hall–Kier alpha value is -3.67. The van der Waals surface area contributed by atoms with E-state index in [4.69, 9.17) is 18.9 Å². The highest BCUT2D eigenvalue weighted by molar-refractivity contribution is 6.04. The monoisotopic (exact) mass is 419 g/mol. The Balaban J connectivity index is 1.51. The molecule has 0 aliphatic carbocycles. The van der Waals surface area contributed by atoms with Gasteiger partial charge in [0.25, 0.3) is 5.91 Å². The van der Waals surface area contributed by atoms with Crippen LogP contribution in [0.5, 0.6) is 23.0 Å². The summed E-state index contributed by atoms with van der Waals surface area (Å²) in [6.45, 7) is 5.78. The van der Waals surface area contributed by atoms with Gasteiger partial charge in [0.2, 0.25) is 0 Å². The summed E-state index contributed by atoms with van der Waals surface area (Å²) >= 11 is 0. The molecule has 3 aromatic carbocycles. The quantitative estimate of drug-likeness (QED) is 0.584. The highest BCUT2D eigenvalue weighted by Crippen LogP contribution is 2.33. The van der Waals surface area contributed by atoms with Crippen molar-refractivity contribution in [2.45, 2.75) is 20.5 Å². The fourth-order valence-electron chi connectivity index (χ4n) is 3.32. The summed E-state index contributed by atoms with van der Waals surface area (Å²) in [5, 5.41) is 2.91. The lowest BCUT2D eigenvalue weighted by atomic mass is 10.1. The number of benzene rings is 3. The molecule has 0 unspecified atom stereocenters. The number of carbonyl (C=O) groups excluding carboxylic acids is 1. The summed E-state index contributed by atoms with van der Waals surface area (Å²) in [7, 11) is 0. The summed E-state index contributed by atoms with van der Waals surface area (Å²) in [6.07, 6.45) is 0. The van der Waals surface area contributed by atoms with Crippen molar-refractivity contribution in [3.63, 3.8) is 0 Å². The van der Waals surface area contributed by atoms with Crippen LogP contribution in [-0.4, -0.2) is 25.7 Å². The van der Waals surface area contributed by atoms with Crippen molar-refractivity contribution >= 4 is 11.6 Å². The molecule has 1 aliphatic heterocycles. The van der Waals surface area contributed by atoms with Crippen LogP contribution < -0.4 is 24.3 Å². The second-order valence-electron chi connectivity index (χ2n) is 7.17. The molecule has 0 spiro atoms. The number of nitrogens with one attached hydrogen (secondary N) is 1. The van der Waals surface area contributed by atoms with Crippen molar-refractivity contribution in [1.82, 2.24) is 0 Å². The third-order valence-electron chi connectivity index (χ3n) is 4.81. The maximum absolute atomic E-state index is 12.9. The Kier molecular flexibility index (Phi) is 6.26. The predicted octanol–water partition coefficient (Wildman–Crippen LogP) is 5.00. The average molecular weight is 419 g/mol. The molecule has 4 rings (SSSR count). The molecule has 1 heterocycles. The molecule has 1 N–H and O–H groups in total. The highest BCUT2D eigenvalue weighted by Gasteiger charge is 2.15. The third-order valence-corrected chi connectivity index (χ3v) is 4.81. The van der Waals surface area contributed by atoms with E-state index in [1.165, 1.54) is 0 Å². The first-order valence-electron chi connectivity index (χ1n) is 10.3. The van der Waals surface area contributed by atoms with Crippen molar-refractivity contribution in [1.29, 1.82) is 0 Å². The van der Waals surface area contributed by atoms with Crippen molar-refractivity contribution in [3.05, 3.63) is 77.4 Å². The molecule has 0 saturated carbocycles. The molecule has 1 amide bonds. The van der Waals surface area contributed by atoms with Crippen LogP contribution in [0.4, 0.5) is 5.69 Å². The molecule has 0 radical (unpaired) electrons. The standard InChI is InChI=1S/C25H25NO5/c1-3-28-22-9-7-18(14-19(22)16-31-21-6-4-5-17(2)13-21)25(27)26-20-8-10-23-24(15-20)30-12-11-29-23/h4-10,13-15H,3,11-12,16H2,1-2H3,(H,26,27). The minimum atomic E-state index is -0.225. The molecular formula is C25H25NO5. The average Bonchev–Trinajstić information content (AvgIpc) is 2.78. The van der Waals surface area contributed by atoms with E-state index in [-0.39, 0.29) is 5.91 Å². The van der Waals surface area contributed by atoms with Crippen molar-refractivity contribution in [3.8, 4) is 23.0 Å². The molecule has 0 aromatic heterocycles. The number of hydrogen-bond donors (Lipinski definition) is 1. The van der Waals surface area contributed by atoms with Crippen LogP contribution in [0.15, 0.2) is 60.7 Å². The lowest BCUT2D eigenvalue weighted by Gasteiger charge is -2.19. The molecule has 0 bridgehead atoms. The molecule has 0 fully saturated rings. The smallest absolute Gasteiger partial charge is 0.255 e. The number of rotatable bonds is 7. The van der Waals surface area contributed by atoms with Gasteiger partial charge in [-0.1, -0.05) is 12.1 Å². The maximum atomic E-state index is 12.9. The largest absolute Gasteiger partial charge is 0.493 e. The topological polar surface area (TPSA) is 66.0 Å². The Bertz CT molecular complexity index is 1080. The van der Waals surface area contributed by atoms with Gasteiger partial charge in [-0.15, -0.1) is 0 Å². The summed E-state index contributed by atoms with van der Waals surface area (Å²) in [4.78, 5) is 12.9. The first-order chi connectivity index (χ1) is 15.1. The highest BCUT2D eigenvalue weighted by atomic mass is 16.6. The van der Waals surface area contributed by atoms with Crippen LogP contribution in [0.25, 0.3) is 0 Å². The molecule has 3 aromatic rings. The first-order valence-corrected chi connectivity index (χ1v) is 10.3. The van der Waals surface area contributed by atoms with Gasteiger partial charge in [0.15, 0.2) is 11.5 Å². The fourth-order valence-corrected chi connectivity index (χ4v) is 3.32. The second kappa shape index (κ2) is 9.43. The minimum absolute atomic E-state index is 0.225. The molecule has 31 heavy (non-hydrogen) atoms. The lowest BCUT2D eigenvalue weighted by Crippen LogP contribution is -2.16.